The maximum atomic E-state index is 12.4. The van der Waals surface area contributed by atoms with Crippen molar-refractivity contribution in [1.29, 1.82) is 0 Å². The van der Waals surface area contributed by atoms with Gasteiger partial charge in [0.2, 0.25) is 10.0 Å². The lowest BCUT2D eigenvalue weighted by atomic mass is 10.1. The number of aromatic nitrogens is 2. The smallest absolute Gasteiger partial charge is 0.243 e. The van der Waals surface area contributed by atoms with E-state index in [0.717, 1.165) is 18.7 Å². The molecule has 0 saturated heterocycles. The van der Waals surface area contributed by atoms with E-state index in [4.69, 9.17) is 11.6 Å². The topological polar surface area (TPSA) is 67.2 Å². The zero-order valence-electron chi connectivity index (χ0n) is 14.1. The van der Waals surface area contributed by atoms with Crippen molar-refractivity contribution in [2.45, 2.75) is 24.8 Å². The van der Waals surface area contributed by atoms with E-state index >= 15 is 0 Å². The zero-order valence-corrected chi connectivity index (χ0v) is 15.7. The van der Waals surface area contributed by atoms with E-state index in [2.05, 4.69) is 14.7 Å². The number of halogens is 1. The lowest BCUT2D eigenvalue weighted by Crippen LogP contribution is -2.38. The Morgan fingerprint density at radius 3 is 2.50 bits per heavy atom. The summed E-state index contributed by atoms with van der Waals surface area (Å²) in [7, 11) is -1.93. The maximum absolute atomic E-state index is 12.4. The van der Waals surface area contributed by atoms with Crippen LogP contribution in [0.5, 0.6) is 0 Å². The second-order valence-electron chi connectivity index (χ2n) is 5.46. The lowest BCUT2D eigenvalue weighted by molar-refractivity contribution is 0.220. The van der Waals surface area contributed by atoms with Crippen LogP contribution in [0.3, 0.4) is 0 Å². The number of nitrogens with one attached hydrogen (secondary N) is 1. The Morgan fingerprint density at radius 2 is 1.96 bits per heavy atom. The number of nitrogens with zero attached hydrogens (tertiary/aromatic N) is 3. The average Bonchev–Trinajstić information content (AvgIpc) is 3.00. The third-order valence-electron chi connectivity index (χ3n) is 3.98. The third-order valence-corrected chi connectivity index (χ3v) is 5.70. The third kappa shape index (κ3) is 4.36. The highest BCUT2D eigenvalue weighted by Crippen LogP contribution is 2.27. The van der Waals surface area contributed by atoms with Gasteiger partial charge in [-0.25, -0.2) is 13.1 Å². The Bertz CT molecular complexity index is 772. The summed E-state index contributed by atoms with van der Waals surface area (Å²) in [6.45, 7) is 5.91. The minimum absolute atomic E-state index is 0.139. The van der Waals surface area contributed by atoms with Crippen molar-refractivity contribution in [3.8, 4) is 0 Å². The minimum atomic E-state index is -3.61. The Hall–Kier alpha value is -1.41. The Morgan fingerprint density at radius 1 is 1.29 bits per heavy atom. The fourth-order valence-corrected chi connectivity index (χ4v) is 3.94. The standard InChI is InChI=1S/C16H23ClN4O2S/c1-4-21(5-2)16(14-8-6-7-9-15(14)17)11-19-24(22,23)13-10-18-20(3)12-13/h6-10,12,16,19H,4-5,11H2,1-3H3. The fraction of sp³-hybridized carbons (Fsp3) is 0.438. The maximum Gasteiger partial charge on any atom is 0.243 e. The van der Waals surface area contributed by atoms with Crippen LogP contribution in [0.2, 0.25) is 5.02 Å². The summed E-state index contributed by atoms with van der Waals surface area (Å²) >= 11 is 6.33. The van der Waals surface area contributed by atoms with Gasteiger partial charge < -0.3 is 0 Å². The Balaban J connectivity index is 2.25. The minimum Gasteiger partial charge on any atom is -0.296 e. The van der Waals surface area contributed by atoms with Gasteiger partial charge in [-0.2, -0.15) is 5.10 Å². The van der Waals surface area contributed by atoms with Crippen molar-refractivity contribution in [1.82, 2.24) is 19.4 Å². The first-order valence-electron chi connectivity index (χ1n) is 7.85. The van der Waals surface area contributed by atoms with Gasteiger partial charge in [-0.15, -0.1) is 0 Å². The second kappa shape index (κ2) is 8.11. The quantitative estimate of drug-likeness (QED) is 0.775. The molecule has 0 amide bonds. The molecule has 0 fully saturated rings. The van der Waals surface area contributed by atoms with Crippen LogP contribution in [0.1, 0.15) is 25.5 Å². The van der Waals surface area contributed by atoms with Crippen LogP contribution in [0.25, 0.3) is 0 Å². The summed E-state index contributed by atoms with van der Waals surface area (Å²) in [5.74, 6) is 0. The zero-order chi connectivity index (χ0) is 17.7. The van der Waals surface area contributed by atoms with Gasteiger partial charge >= 0.3 is 0 Å². The number of rotatable bonds is 8. The molecule has 2 aromatic rings. The first kappa shape index (κ1) is 18.9. The highest BCUT2D eigenvalue weighted by atomic mass is 35.5. The van der Waals surface area contributed by atoms with Gasteiger partial charge in [0.15, 0.2) is 0 Å². The Labute approximate surface area is 148 Å². The van der Waals surface area contributed by atoms with Crippen LogP contribution in [-0.4, -0.2) is 42.7 Å². The second-order valence-corrected chi connectivity index (χ2v) is 7.63. The first-order chi connectivity index (χ1) is 11.4. The molecule has 1 aromatic carbocycles. The molecule has 0 spiro atoms. The van der Waals surface area contributed by atoms with Crippen LogP contribution in [0.15, 0.2) is 41.6 Å². The molecule has 6 nitrogen and oxygen atoms in total. The highest BCUT2D eigenvalue weighted by molar-refractivity contribution is 7.89. The summed E-state index contributed by atoms with van der Waals surface area (Å²) in [6, 6.07) is 7.39. The molecule has 24 heavy (non-hydrogen) atoms. The molecular weight excluding hydrogens is 348 g/mol. The largest absolute Gasteiger partial charge is 0.296 e. The fourth-order valence-electron chi connectivity index (χ4n) is 2.65. The van der Waals surface area contributed by atoms with Gasteiger partial charge in [-0.3, -0.25) is 9.58 Å². The van der Waals surface area contributed by atoms with E-state index in [1.807, 2.05) is 38.1 Å². The van der Waals surface area contributed by atoms with E-state index in [-0.39, 0.29) is 17.5 Å². The van der Waals surface area contributed by atoms with Crippen molar-refractivity contribution in [3.63, 3.8) is 0 Å². The monoisotopic (exact) mass is 370 g/mol. The summed E-state index contributed by atoms with van der Waals surface area (Å²) in [5, 5.41) is 4.55. The highest BCUT2D eigenvalue weighted by Gasteiger charge is 2.24. The molecule has 1 heterocycles. The van der Waals surface area contributed by atoms with Crippen molar-refractivity contribution in [3.05, 3.63) is 47.2 Å². The molecule has 0 saturated carbocycles. The number of hydrogen-bond acceptors (Lipinski definition) is 4. The van der Waals surface area contributed by atoms with Gasteiger partial charge in [-0.1, -0.05) is 43.6 Å². The number of aryl methyl sites for hydroxylation is 1. The number of hydrogen-bond donors (Lipinski definition) is 1. The molecule has 0 aliphatic rings. The summed E-state index contributed by atoms with van der Waals surface area (Å²) in [5.41, 5.74) is 0.914. The SMILES string of the molecule is CCN(CC)C(CNS(=O)(=O)c1cnn(C)c1)c1ccccc1Cl. The van der Waals surface area contributed by atoms with E-state index in [1.165, 1.54) is 17.1 Å². The van der Waals surface area contributed by atoms with Crippen LogP contribution in [0, 0.1) is 0 Å². The normalized spacial score (nSPS) is 13.4. The molecular formula is C16H23ClN4O2S. The summed E-state index contributed by atoms with van der Waals surface area (Å²) < 4.78 is 29.0. The number of sulfonamides is 1. The molecule has 1 atom stereocenters. The molecule has 0 bridgehead atoms. The van der Waals surface area contributed by atoms with Crippen molar-refractivity contribution in [2.75, 3.05) is 19.6 Å². The van der Waals surface area contributed by atoms with Gasteiger partial charge in [-0.05, 0) is 24.7 Å². The molecule has 1 aromatic heterocycles. The molecule has 1 N–H and O–H groups in total. The molecule has 2 rings (SSSR count). The predicted octanol–water partition coefficient (Wildman–Crippen LogP) is 2.43. The molecule has 132 valence electrons. The summed E-state index contributed by atoms with van der Waals surface area (Å²) in [4.78, 5) is 2.33. The average molecular weight is 371 g/mol. The van der Waals surface area contributed by atoms with Gasteiger partial charge in [0, 0.05) is 30.9 Å². The van der Waals surface area contributed by atoms with E-state index < -0.39 is 10.0 Å². The molecule has 1 unspecified atom stereocenters. The number of likely N-dealkylation sites (N-methyl/N-ethyl adjacent to an activating group) is 1. The molecule has 0 aliphatic heterocycles. The van der Waals surface area contributed by atoms with Crippen LogP contribution in [-0.2, 0) is 17.1 Å². The van der Waals surface area contributed by atoms with Crippen LogP contribution < -0.4 is 4.72 Å². The molecule has 0 aliphatic carbocycles. The van der Waals surface area contributed by atoms with Crippen LogP contribution in [0.4, 0.5) is 0 Å². The molecule has 0 radical (unpaired) electrons. The predicted molar refractivity (Wildman–Crippen MR) is 95.5 cm³/mol. The lowest BCUT2D eigenvalue weighted by Gasteiger charge is -2.30. The van der Waals surface area contributed by atoms with Gasteiger partial charge in [0.05, 0.1) is 6.20 Å². The Kier molecular flexibility index (Phi) is 6.40. The molecule has 8 heteroatoms. The van der Waals surface area contributed by atoms with E-state index in [0.29, 0.717) is 5.02 Å². The first-order valence-corrected chi connectivity index (χ1v) is 9.72. The summed E-state index contributed by atoms with van der Waals surface area (Å²) in [6.07, 6.45) is 2.81. The van der Waals surface area contributed by atoms with E-state index in [9.17, 15) is 8.42 Å². The van der Waals surface area contributed by atoms with E-state index in [1.54, 1.807) is 7.05 Å². The van der Waals surface area contributed by atoms with Crippen molar-refractivity contribution < 1.29 is 8.42 Å². The number of benzene rings is 1. The van der Waals surface area contributed by atoms with Crippen molar-refractivity contribution >= 4 is 21.6 Å². The van der Waals surface area contributed by atoms with Gasteiger partial charge in [0.25, 0.3) is 0 Å². The van der Waals surface area contributed by atoms with Crippen molar-refractivity contribution in [2.24, 2.45) is 7.05 Å². The van der Waals surface area contributed by atoms with Crippen LogP contribution >= 0.6 is 11.6 Å². The van der Waals surface area contributed by atoms with Gasteiger partial charge in [0.1, 0.15) is 4.90 Å².